The first kappa shape index (κ1) is 26.2. The fraction of sp³-hybridized carbons (Fsp3) is 0.0488. The maximum Gasteiger partial charge on any atom is 0.238 e. The van der Waals surface area contributed by atoms with E-state index in [0.29, 0.717) is 5.95 Å². The Morgan fingerprint density at radius 3 is 2.28 bits per heavy atom. The molecule has 5 nitrogen and oxygen atoms in total. The van der Waals surface area contributed by atoms with Gasteiger partial charge in [0, 0.05) is 22.4 Å². The van der Waals surface area contributed by atoms with Crippen LogP contribution in [0.15, 0.2) is 140 Å². The highest BCUT2D eigenvalue weighted by Crippen LogP contribution is 2.47. The number of fused-ring (bicyclic) bond motifs is 6. The number of hydrogen-bond acceptors (Lipinski definition) is 4. The van der Waals surface area contributed by atoms with Crippen LogP contribution in [0.5, 0.6) is 0 Å². The van der Waals surface area contributed by atoms with Gasteiger partial charge < -0.3 is 0 Å². The largest absolute Gasteiger partial charge is 0.281 e. The van der Waals surface area contributed by atoms with Crippen LogP contribution in [0.2, 0.25) is 0 Å². The van der Waals surface area contributed by atoms with Gasteiger partial charge in [0.05, 0.1) is 33.7 Å². The summed E-state index contributed by atoms with van der Waals surface area (Å²) in [5.74, 6) is 1.32. The van der Waals surface area contributed by atoms with Crippen molar-refractivity contribution >= 4 is 39.9 Å². The van der Waals surface area contributed by atoms with Gasteiger partial charge in [-0.15, -0.1) is 0 Å². The lowest BCUT2D eigenvalue weighted by molar-refractivity contribution is 0.942. The molecule has 0 unspecified atom stereocenters. The van der Waals surface area contributed by atoms with Crippen molar-refractivity contribution in [3.8, 4) is 33.6 Å². The van der Waals surface area contributed by atoms with Crippen molar-refractivity contribution in [1.29, 1.82) is 0 Å². The number of anilines is 3. The highest BCUT2D eigenvalue weighted by molar-refractivity contribution is 6.02. The van der Waals surface area contributed by atoms with Gasteiger partial charge in [-0.25, -0.2) is 19.9 Å². The summed E-state index contributed by atoms with van der Waals surface area (Å²) in [7, 11) is 0. The molecule has 5 heteroatoms. The number of para-hydroxylation sites is 3. The predicted molar refractivity (Wildman–Crippen MR) is 185 cm³/mol. The van der Waals surface area contributed by atoms with Crippen molar-refractivity contribution in [1.82, 2.24) is 19.5 Å². The van der Waals surface area contributed by atoms with Crippen LogP contribution in [0.25, 0.3) is 55.9 Å². The van der Waals surface area contributed by atoms with Crippen LogP contribution in [0.4, 0.5) is 17.6 Å². The van der Waals surface area contributed by atoms with Gasteiger partial charge in [-0.3, -0.25) is 4.57 Å². The Labute approximate surface area is 267 Å². The molecule has 0 bridgehead atoms. The summed E-state index contributed by atoms with van der Waals surface area (Å²) in [6.07, 6.45) is 6.40. The Morgan fingerprint density at radius 2 is 1.41 bits per heavy atom. The summed E-state index contributed by atoms with van der Waals surface area (Å²) in [4.78, 5) is 18.0. The Morgan fingerprint density at radius 1 is 0.652 bits per heavy atom. The minimum Gasteiger partial charge on any atom is -0.281 e. The molecule has 0 atom stereocenters. The van der Waals surface area contributed by atoms with Crippen molar-refractivity contribution in [2.24, 2.45) is 0 Å². The van der Waals surface area contributed by atoms with Gasteiger partial charge in [0.25, 0.3) is 0 Å². The van der Waals surface area contributed by atoms with E-state index in [1.54, 1.807) is 0 Å². The van der Waals surface area contributed by atoms with Gasteiger partial charge in [0.2, 0.25) is 11.9 Å². The minimum absolute atomic E-state index is 0.542. The number of hydrogen-bond donors (Lipinski definition) is 0. The Bertz CT molecular complexity index is 2320. The van der Waals surface area contributed by atoms with Crippen LogP contribution >= 0.6 is 0 Å². The first-order chi connectivity index (χ1) is 22.8. The van der Waals surface area contributed by atoms with E-state index in [9.17, 15) is 0 Å². The highest BCUT2D eigenvalue weighted by Gasteiger charge is 2.32. The monoisotopic (exact) mass is 589 g/mol. The SMILES string of the molecule is c1cccc(-c2cc(-c3ccccc3-c3ccccc3)nc(N3c4ccccc4C4=C(CCC=C4)n4c3nc3ccccc34)n2)c#1. The smallest absolute Gasteiger partial charge is 0.238 e. The molecular formula is C41H27N5. The molecule has 0 saturated carbocycles. The van der Waals surface area contributed by atoms with Gasteiger partial charge in [-0.1, -0.05) is 115 Å². The average molecular weight is 590 g/mol. The van der Waals surface area contributed by atoms with Crippen molar-refractivity contribution in [2.45, 2.75) is 12.8 Å². The van der Waals surface area contributed by atoms with Crippen molar-refractivity contribution < 1.29 is 0 Å². The zero-order valence-corrected chi connectivity index (χ0v) is 24.9. The molecule has 2 aromatic heterocycles. The van der Waals surface area contributed by atoms with Crippen molar-refractivity contribution in [3.05, 3.63) is 157 Å². The lowest BCUT2D eigenvalue weighted by Crippen LogP contribution is -2.18. The van der Waals surface area contributed by atoms with Gasteiger partial charge in [0.15, 0.2) is 0 Å². The molecule has 0 radical (unpaired) electrons. The number of rotatable bonds is 4. The third kappa shape index (κ3) is 4.23. The first-order valence-electron chi connectivity index (χ1n) is 15.5. The lowest BCUT2D eigenvalue weighted by Gasteiger charge is -2.24. The summed E-state index contributed by atoms with van der Waals surface area (Å²) in [6.45, 7) is 0. The molecule has 0 saturated heterocycles. The Hall–Kier alpha value is -6.25. The Kier molecular flexibility index (Phi) is 6.10. The molecule has 1 aliphatic carbocycles. The third-order valence-corrected chi connectivity index (χ3v) is 8.72. The molecule has 0 spiro atoms. The molecular weight excluding hydrogens is 562 g/mol. The molecule has 9 rings (SSSR count). The molecule has 216 valence electrons. The molecule has 2 aliphatic rings. The van der Waals surface area contributed by atoms with Crippen LogP contribution < -0.4 is 4.90 Å². The molecule has 7 aromatic rings. The number of aromatic nitrogens is 4. The maximum absolute atomic E-state index is 5.37. The van der Waals surface area contributed by atoms with E-state index in [-0.39, 0.29) is 0 Å². The van der Waals surface area contributed by atoms with E-state index in [1.165, 1.54) is 11.3 Å². The second-order valence-corrected chi connectivity index (χ2v) is 11.4. The molecule has 0 N–H and O–H groups in total. The lowest BCUT2D eigenvalue weighted by atomic mass is 9.95. The summed E-state index contributed by atoms with van der Waals surface area (Å²) < 4.78 is 2.31. The number of nitrogens with zero attached hydrogens (tertiary/aromatic N) is 5. The van der Waals surface area contributed by atoms with Crippen LogP contribution in [-0.4, -0.2) is 19.5 Å². The van der Waals surface area contributed by atoms with Crippen LogP contribution in [-0.2, 0) is 0 Å². The fourth-order valence-corrected chi connectivity index (χ4v) is 6.65. The van der Waals surface area contributed by atoms with Gasteiger partial charge in [-0.2, -0.15) is 0 Å². The van der Waals surface area contributed by atoms with Gasteiger partial charge >= 0.3 is 0 Å². The normalized spacial score (nSPS) is 13.5. The van der Waals surface area contributed by atoms with Crippen molar-refractivity contribution in [2.75, 3.05) is 4.90 Å². The van der Waals surface area contributed by atoms with E-state index < -0.39 is 0 Å². The highest BCUT2D eigenvalue weighted by atomic mass is 15.4. The standard InChI is InChI=1S/C41H27N5/c1-3-15-28(16-4-1)30-19-7-8-20-31(30)36-27-35(29-17-5-2-6-18-29)42-40(43-36)46-38-25-13-10-22-33(38)32-21-9-12-24-37(32)45-39-26-14-11-23-34(39)44-41(45)46/h1-5,7-11,13-17,19-23,25-27H,12,24H2. The predicted octanol–water partition coefficient (Wildman–Crippen LogP) is 9.93. The fourth-order valence-electron chi connectivity index (χ4n) is 6.65. The number of imidazole rings is 1. The summed E-state index contributed by atoms with van der Waals surface area (Å²) in [5, 5.41) is 0. The second kappa shape index (κ2) is 10.7. The van der Waals surface area contributed by atoms with Crippen LogP contribution in [0.3, 0.4) is 0 Å². The van der Waals surface area contributed by atoms with Gasteiger partial charge in [0.1, 0.15) is 0 Å². The minimum atomic E-state index is 0.542. The quantitative estimate of drug-likeness (QED) is 0.205. The van der Waals surface area contributed by atoms with E-state index in [1.807, 2.05) is 30.3 Å². The average Bonchev–Trinajstić information content (AvgIpc) is 3.46. The van der Waals surface area contributed by atoms with Crippen LogP contribution in [0, 0.1) is 12.1 Å². The number of benzene rings is 4. The van der Waals surface area contributed by atoms with E-state index in [4.69, 9.17) is 15.0 Å². The molecule has 0 fully saturated rings. The number of allylic oxidation sites excluding steroid dienone is 4. The van der Waals surface area contributed by atoms with Crippen LogP contribution in [0.1, 0.15) is 18.4 Å². The topological polar surface area (TPSA) is 46.8 Å². The van der Waals surface area contributed by atoms with Crippen molar-refractivity contribution in [3.63, 3.8) is 0 Å². The zero-order valence-electron chi connectivity index (χ0n) is 24.9. The van der Waals surface area contributed by atoms with E-state index in [0.717, 1.165) is 74.7 Å². The third-order valence-electron chi connectivity index (χ3n) is 8.72. The first-order valence-corrected chi connectivity index (χ1v) is 15.5. The van der Waals surface area contributed by atoms with E-state index in [2.05, 4.69) is 131 Å². The molecule has 3 heterocycles. The molecule has 0 amide bonds. The summed E-state index contributed by atoms with van der Waals surface area (Å²) >= 11 is 0. The maximum atomic E-state index is 5.37. The Balaban J connectivity index is 1.36. The van der Waals surface area contributed by atoms with E-state index >= 15 is 0 Å². The zero-order chi connectivity index (χ0) is 30.5. The molecule has 1 aliphatic heterocycles. The summed E-state index contributed by atoms with van der Waals surface area (Å²) in [5.41, 5.74) is 12.2. The summed E-state index contributed by atoms with van der Waals surface area (Å²) in [6, 6.07) is 50.0. The molecule has 5 aromatic carbocycles. The van der Waals surface area contributed by atoms with Gasteiger partial charge in [-0.05, 0) is 60.4 Å². The molecule has 46 heavy (non-hydrogen) atoms. The second-order valence-electron chi connectivity index (χ2n) is 11.4.